The number of carbonyl (C=O) groups is 1. The minimum absolute atomic E-state index is 0.0741. The van der Waals surface area contributed by atoms with Gasteiger partial charge in [0.2, 0.25) is 5.91 Å². The largest absolute Gasteiger partial charge is 0.352 e. The summed E-state index contributed by atoms with van der Waals surface area (Å²) in [5.74, 6) is 0.692. The lowest BCUT2D eigenvalue weighted by Crippen LogP contribution is -2.49. The Morgan fingerprint density at radius 2 is 1.92 bits per heavy atom. The van der Waals surface area contributed by atoms with E-state index in [0.29, 0.717) is 12.5 Å². The van der Waals surface area contributed by atoms with Crippen molar-refractivity contribution in [2.75, 3.05) is 13.1 Å². The summed E-state index contributed by atoms with van der Waals surface area (Å²) in [6.45, 7) is 5.29. The van der Waals surface area contributed by atoms with E-state index in [0.717, 1.165) is 36.2 Å². The minimum Gasteiger partial charge on any atom is -0.352 e. The number of hydrogen-bond donors (Lipinski definition) is 2. The fraction of sp³-hybridized carbons (Fsp3) is 0.333. The van der Waals surface area contributed by atoms with Crippen molar-refractivity contribution >= 4 is 16.9 Å². The Morgan fingerprint density at radius 1 is 1.19 bits per heavy atom. The predicted molar refractivity (Wildman–Crippen MR) is 103 cm³/mol. The highest BCUT2D eigenvalue weighted by Crippen LogP contribution is 2.17. The summed E-state index contributed by atoms with van der Waals surface area (Å²) in [5, 5.41) is 6.27. The zero-order chi connectivity index (χ0) is 17.9. The van der Waals surface area contributed by atoms with E-state index in [1.807, 2.05) is 31.5 Å². The first kappa shape index (κ1) is 16.8. The van der Waals surface area contributed by atoms with Crippen molar-refractivity contribution in [1.29, 1.82) is 0 Å². The molecule has 0 radical (unpaired) electrons. The number of aromatic nitrogens is 2. The van der Waals surface area contributed by atoms with E-state index in [1.54, 1.807) is 0 Å². The van der Waals surface area contributed by atoms with Crippen LogP contribution in [0, 0.1) is 11.8 Å². The molecule has 1 aliphatic heterocycles. The molecule has 5 nitrogen and oxygen atoms in total. The Hall–Kier alpha value is -2.66. The molecule has 4 rings (SSSR count). The number of nitrogens with zero attached hydrogens (tertiary/aromatic N) is 2. The Balaban J connectivity index is 1.35. The summed E-state index contributed by atoms with van der Waals surface area (Å²) < 4.78 is 2.15. The maximum atomic E-state index is 12.2. The van der Waals surface area contributed by atoms with E-state index in [-0.39, 0.29) is 11.8 Å². The van der Waals surface area contributed by atoms with Crippen molar-refractivity contribution in [1.82, 2.24) is 20.2 Å². The lowest BCUT2D eigenvalue weighted by atomic mass is 9.88. The maximum absolute atomic E-state index is 12.2. The van der Waals surface area contributed by atoms with Crippen molar-refractivity contribution in [3.63, 3.8) is 0 Å². The van der Waals surface area contributed by atoms with Gasteiger partial charge in [0, 0.05) is 19.0 Å². The van der Waals surface area contributed by atoms with Crippen LogP contribution >= 0.6 is 0 Å². The second-order valence-electron chi connectivity index (χ2n) is 7.10. The van der Waals surface area contributed by atoms with Gasteiger partial charge in [-0.25, -0.2) is 4.98 Å². The van der Waals surface area contributed by atoms with E-state index < -0.39 is 0 Å². The summed E-state index contributed by atoms with van der Waals surface area (Å²) in [7, 11) is 0. The number of para-hydroxylation sites is 2. The van der Waals surface area contributed by atoms with Gasteiger partial charge >= 0.3 is 0 Å². The number of imidazole rings is 1. The zero-order valence-electron chi connectivity index (χ0n) is 15.0. The Morgan fingerprint density at radius 3 is 2.65 bits per heavy atom. The molecule has 5 heteroatoms. The fourth-order valence-corrected chi connectivity index (χ4v) is 3.32. The smallest absolute Gasteiger partial charge is 0.223 e. The normalized spacial score (nSPS) is 15.6. The monoisotopic (exact) mass is 348 g/mol. The number of nitrogens with one attached hydrogen (secondary N) is 2. The van der Waals surface area contributed by atoms with Gasteiger partial charge in [0.25, 0.3) is 0 Å². The standard InChI is InChI=1S/C21H24N4O/c1-15(18-11-22-12-18)21(26)23-10-16-6-8-17(9-7-16)13-25-14-24-19-4-2-3-5-20(19)25/h2-9,14-15,18,22H,10-13H2,1H3,(H,23,26). The first-order valence-electron chi connectivity index (χ1n) is 9.17. The highest BCUT2D eigenvalue weighted by Gasteiger charge is 2.28. The average Bonchev–Trinajstić information content (AvgIpc) is 3.02. The molecule has 1 saturated heterocycles. The molecule has 1 amide bonds. The van der Waals surface area contributed by atoms with Gasteiger partial charge in [-0.1, -0.05) is 43.3 Å². The van der Waals surface area contributed by atoms with Crippen LogP contribution in [0.5, 0.6) is 0 Å². The molecule has 134 valence electrons. The molecule has 1 atom stereocenters. The molecule has 1 unspecified atom stereocenters. The van der Waals surface area contributed by atoms with Crippen molar-refractivity contribution in [3.8, 4) is 0 Å². The molecule has 3 aromatic rings. The molecule has 2 heterocycles. The summed E-state index contributed by atoms with van der Waals surface area (Å²) in [6.07, 6.45) is 1.88. The van der Waals surface area contributed by atoms with Crippen molar-refractivity contribution in [3.05, 3.63) is 66.0 Å². The van der Waals surface area contributed by atoms with Crippen LogP contribution in [0.4, 0.5) is 0 Å². The average molecular weight is 348 g/mol. The molecule has 1 aromatic heterocycles. The van der Waals surface area contributed by atoms with E-state index in [2.05, 4.69) is 50.5 Å². The van der Waals surface area contributed by atoms with Crippen LogP contribution in [0.3, 0.4) is 0 Å². The third-order valence-corrected chi connectivity index (χ3v) is 5.30. The van der Waals surface area contributed by atoms with Crippen LogP contribution < -0.4 is 10.6 Å². The minimum atomic E-state index is 0.0741. The molecule has 0 saturated carbocycles. The molecule has 26 heavy (non-hydrogen) atoms. The number of fused-ring (bicyclic) bond motifs is 1. The summed E-state index contributed by atoms with van der Waals surface area (Å²) in [6, 6.07) is 16.6. The zero-order valence-corrected chi connectivity index (χ0v) is 15.0. The highest BCUT2D eigenvalue weighted by molar-refractivity contribution is 5.78. The highest BCUT2D eigenvalue weighted by atomic mass is 16.1. The van der Waals surface area contributed by atoms with Gasteiger partial charge in [-0.2, -0.15) is 0 Å². The summed E-state index contributed by atoms with van der Waals surface area (Å²) in [4.78, 5) is 16.6. The number of amides is 1. The molecule has 1 fully saturated rings. The molecule has 2 N–H and O–H groups in total. The van der Waals surface area contributed by atoms with Gasteiger partial charge in [0.15, 0.2) is 0 Å². The molecule has 2 aromatic carbocycles. The fourth-order valence-electron chi connectivity index (χ4n) is 3.32. The van der Waals surface area contributed by atoms with Gasteiger partial charge in [0.1, 0.15) is 0 Å². The Labute approximate surface area is 153 Å². The lowest BCUT2D eigenvalue weighted by Gasteiger charge is -2.31. The van der Waals surface area contributed by atoms with Gasteiger partial charge in [-0.05, 0) is 42.3 Å². The SMILES string of the molecule is CC(C(=O)NCc1ccc(Cn2cnc3ccccc32)cc1)C1CNC1. The maximum Gasteiger partial charge on any atom is 0.223 e. The van der Waals surface area contributed by atoms with Gasteiger partial charge in [0.05, 0.1) is 17.4 Å². The Kier molecular flexibility index (Phi) is 4.71. The molecule has 0 aliphatic carbocycles. The van der Waals surface area contributed by atoms with Crippen molar-refractivity contribution in [2.24, 2.45) is 11.8 Å². The molecule has 0 bridgehead atoms. The molecule has 1 aliphatic rings. The third-order valence-electron chi connectivity index (χ3n) is 5.30. The van der Waals surface area contributed by atoms with Crippen molar-refractivity contribution in [2.45, 2.75) is 20.0 Å². The van der Waals surface area contributed by atoms with E-state index in [4.69, 9.17) is 0 Å². The predicted octanol–water partition coefficient (Wildman–Crippen LogP) is 2.56. The molecular weight excluding hydrogens is 324 g/mol. The van der Waals surface area contributed by atoms with Gasteiger partial charge in [-0.15, -0.1) is 0 Å². The van der Waals surface area contributed by atoms with Crippen LogP contribution in [-0.4, -0.2) is 28.5 Å². The Bertz CT molecular complexity index is 896. The van der Waals surface area contributed by atoms with Gasteiger partial charge < -0.3 is 15.2 Å². The first-order valence-corrected chi connectivity index (χ1v) is 9.17. The number of rotatable bonds is 6. The topological polar surface area (TPSA) is 59.0 Å². The van der Waals surface area contributed by atoms with Crippen LogP contribution in [0.25, 0.3) is 11.0 Å². The molecular formula is C21H24N4O. The van der Waals surface area contributed by atoms with Crippen LogP contribution in [0.15, 0.2) is 54.9 Å². The number of benzene rings is 2. The molecule has 0 spiro atoms. The van der Waals surface area contributed by atoms with Crippen LogP contribution in [0.2, 0.25) is 0 Å². The summed E-state index contributed by atoms with van der Waals surface area (Å²) in [5.41, 5.74) is 4.50. The lowest BCUT2D eigenvalue weighted by molar-refractivity contribution is -0.126. The van der Waals surface area contributed by atoms with E-state index in [9.17, 15) is 4.79 Å². The van der Waals surface area contributed by atoms with E-state index >= 15 is 0 Å². The number of carbonyl (C=O) groups excluding carboxylic acids is 1. The first-order chi connectivity index (χ1) is 12.7. The van der Waals surface area contributed by atoms with E-state index in [1.165, 1.54) is 5.56 Å². The summed E-state index contributed by atoms with van der Waals surface area (Å²) >= 11 is 0. The van der Waals surface area contributed by atoms with Crippen LogP contribution in [-0.2, 0) is 17.9 Å². The number of hydrogen-bond acceptors (Lipinski definition) is 3. The third kappa shape index (κ3) is 3.48. The van der Waals surface area contributed by atoms with Crippen LogP contribution in [0.1, 0.15) is 18.1 Å². The van der Waals surface area contributed by atoms with Crippen molar-refractivity contribution < 1.29 is 4.79 Å². The van der Waals surface area contributed by atoms with Gasteiger partial charge in [-0.3, -0.25) is 4.79 Å². The second-order valence-corrected chi connectivity index (χ2v) is 7.10. The second kappa shape index (κ2) is 7.30. The quantitative estimate of drug-likeness (QED) is 0.720.